The summed E-state index contributed by atoms with van der Waals surface area (Å²) in [5.41, 5.74) is 1.49. The van der Waals surface area contributed by atoms with Crippen LogP contribution in [0.5, 0.6) is 0 Å². The van der Waals surface area contributed by atoms with Gasteiger partial charge >= 0.3 is 0 Å². The second kappa shape index (κ2) is 7.24. The van der Waals surface area contributed by atoms with Crippen LogP contribution in [0, 0.1) is 0 Å². The van der Waals surface area contributed by atoms with Gasteiger partial charge in [-0.05, 0) is 26.0 Å². The van der Waals surface area contributed by atoms with Crippen molar-refractivity contribution in [2.24, 2.45) is 0 Å². The van der Waals surface area contributed by atoms with Crippen LogP contribution in [0.1, 0.15) is 31.3 Å². The minimum absolute atomic E-state index is 0.0581. The molecular formula is C16H24N4O2. The first-order chi connectivity index (χ1) is 10.6. The Balaban J connectivity index is 2.07. The number of aromatic nitrogens is 1. The van der Waals surface area contributed by atoms with Crippen molar-refractivity contribution in [3.8, 4) is 0 Å². The maximum absolute atomic E-state index is 12.6. The lowest BCUT2D eigenvalue weighted by Crippen LogP contribution is -2.50. The van der Waals surface area contributed by atoms with Gasteiger partial charge < -0.3 is 14.7 Å². The van der Waals surface area contributed by atoms with Gasteiger partial charge in [0.2, 0.25) is 5.91 Å². The van der Waals surface area contributed by atoms with Crippen molar-refractivity contribution < 1.29 is 9.59 Å². The summed E-state index contributed by atoms with van der Waals surface area (Å²) in [4.78, 5) is 33.9. The minimum atomic E-state index is -0.0581. The Bertz CT molecular complexity index is 535. The third kappa shape index (κ3) is 3.55. The summed E-state index contributed by atoms with van der Waals surface area (Å²) in [6.45, 7) is 9.85. The normalized spacial score (nSPS) is 14.9. The summed E-state index contributed by atoms with van der Waals surface area (Å²) in [5.74, 6) is 0.00552. The zero-order chi connectivity index (χ0) is 16.1. The van der Waals surface area contributed by atoms with Crippen molar-refractivity contribution in [1.82, 2.24) is 14.8 Å². The van der Waals surface area contributed by atoms with Crippen molar-refractivity contribution >= 4 is 17.5 Å². The Morgan fingerprint density at radius 3 is 2.27 bits per heavy atom. The van der Waals surface area contributed by atoms with Crippen LogP contribution < -0.4 is 4.90 Å². The van der Waals surface area contributed by atoms with Crippen molar-refractivity contribution in [3.05, 3.63) is 24.0 Å². The fourth-order valence-corrected chi connectivity index (χ4v) is 2.71. The number of nitrogens with zero attached hydrogens (tertiary/aromatic N) is 4. The fourth-order valence-electron chi connectivity index (χ4n) is 2.71. The molecule has 0 bridgehead atoms. The van der Waals surface area contributed by atoms with Crippen molar-refractivity contribution in [2.75, 3.05) is 44.2 Å². The summed E-state index contributed by atoms with van der Waals surface area (Å²) in [5, 5.41) is 0. The Kier molecular flexibility index (Phi) is 5.35. The molecule has 120 valence electrons. The predicted molar refractivity (Wildman–Crippen MR) is 86.0 cm³/mol. The van der Waals surface area contributed by atoms with Crippen molar-refractivity contribution in [1.29, 1.82) is 0 Å². The monoisotopic (exact) mass is 304 g/mol. The molecular weight excluding hydrogens is 280 g/mol. The molecule has 2 amide bonds. The van der Waals surface area contributed by atoms with E-state index in [1.165, 1.54) is 0 Å². The number of anilines is 1. The molecule has 6 heteroatoms. The highest BCUT2D eigenvalue weighted by atomic mass is 16.2. The second-order valence-corrected chi connectivity index (χ2v) is 5.37. The van der Waals surface area contributed by atoms with Crippen LogP contribution in [0.3, 0.4) is 0 Å². The molecule has 6 nitrogen and oxygen atoms in total. The number of pyridine rings is 1. The maximum atomic E-state index is 12.6. The van der Waals surface area contributed by atoms with E-state index in [0.717, 1.165) is 18.8 Å². The van der Waals surface area contributed by atoms with Gasteiger partial charge in [-0.2, -0.15) is 0 Å². The Hall–Kier alpha value is -2.11. The van der Waals surface area contributed by atoms with E-state index in [1.807, 2.05) is 12.1 Å². The quantitative estimate of drug-likeness (QED) is 0.839. The molecule has 0 spiro atoms. The minimum Gasteiger partial charge on any atom is -0.372 e. The number of hydrogen-bond donors (Lipinski definition) is 0. The van der Waals surface area contributed by atoms with Gasteiger partial charge in [-0.15, -0.1) is 0 Å². The smallest absolute Gasteiger partial charge is 0.272 e. The topological polar surface area (TPSA) is 56.8 Å². The average Bonchev–Trinajstić information content (AvgIpc) is 2.56. The van der Waals surface area contributed by atoms with Gasteiger partial charge in [-0.25, -0.2) is 0 Å². The van der Waals surface area contributed by atoms with Crippen LogP contribution >= 0.6 is 0 Å². The van der Waals surface area contributed by atoms with E-state index in [1.54, 1.807) is 22.9 Å². The van der Waals surface area contributed by atoms with Crippen LogP contribution in [0.15, 0.2) is 18.3 Å². The van der Waals surface area contributed by atoms with E-state index in [-0.39, 0.29) is 11.8 Å². The SMILES string of the molecule is CCN(CC)c1ccnc(C(=O)N2CCN(C(C)=O)CC2)c1. The number of carbonyl (C=O) groups excluding carboxylic acids is 2. The fraction of sp³-hybridized carbons (Fsp3) is 0.562. The molecule has 0 aliphatic carbocycles. The first-order valence-electron chi connectivity index (χ1n) is 7.82. The average molecular weight is 304 g/mol. The first-order valence-corrected chi connectivity index (χ1v) is 7.82. The molecule has 0 aromatic carbocycles. The third-order valence-electron chi connectivity index (χ3n) is 4.10. The zero-order valence-corrected chi connectivity index (χ0v) is 13.6. The summed E-state index contributed by atoms with van der Waals surface area (Å²) >= 11 is 0. The summed E-state index contributed by atoms with van der Waals surface area (Å²) in [7, 11) is 0. The Morgan fingerprint density at radius 2 is 1.73 bits per heavy atom. The molecule has 1 saturated heterocycles. The molecule has 2 heterocycles. The van der Waals surface area contributed by atoms with E-state index in [4.69, 9.17) is 0 Å². The van der Waals surface area contributed by atoms with Crippen LogP contribution in [0.2, 0.25) is 0 Å². The molecule has 0 radical (unpaired) electrons. The van der Waals surface area contributed by atoms with Gasteiger partial charge in [0.15, 0.2) is 0 Å². The van der Waals surface area contributed by atoms with E-state index in [2.05, 4.69) is 23.7 Å². The zero-order valence-electron chi connectivity index (χ0n) is 13.6. The van der Waals surface area contributed by atoms with Gasteiger partial charge in [-0.1, -0.05) is 0 Å². The van der Waals surface area contributed by atoms with Crippen molar-refractivity contribution in [2.45, 2.75) is 20.8 Å². The molecule has 1 aromatic rings. The second-order valence-electron chi connectivity index (χ2n) is 5.37. The highest BCUT2D eigenvalue weighted by Crippen LogP contribution is 2.16. The van der Waals surface area contributed by atoms with E-state index in [0.29, 0.717) is 31.9 Å². The summed E-state index contributed by atoms with van der Waals surface area (Å²) in [6, 6.07) is 3.78. The van der Waals surface area contributed by atoms with Gasteiger partial charge in [-0.3, -0.25) is 14.6 Å². The third-order valence-corrected chi connectivity index (χ3v) is 4.10. The molecule has 0 atom stereocenters. The maximum Gasteiger partial charge on any atom is 0.272 e. The highest BCUT2D eigenvalue weighted by Gasteiger charge is 2.24. The highest BCUT2D eigenvalue weighted by molar-refractivity contribution is 5.93. The summed E-state index contributed by atoms with van der Waals surface area (Å²) in [6.07, 6.45) is 1.69. The first kappa shape index (κ1) is 16.3. The van der Waals surface area contributed by atoms with Gasteiger partial charge in [0.25, 0.3) is 5.91 Å². The summed E-state index contributed by atoms with van der Waals surface area (Å²) < 4.78 is 0. The Labute approximate surface area is 131 Å². The number of carbonyl (C=O) groups is 2. The molecule has 1 aliphatic heterocycles. The van der Waals surface area contributed by atoms with Gasteiger partial charge in [0.05, 0.1) is 0 Å². The molecule has 1 fully saturated rings. The predicted octanol–water partition coefficient (Wildman–Crippen LogP) is 1.23. The van der Waals surface area contributed by atoms with Crippen LogP contribution in [-0.4, -0.2) is 65.9 Å². The molecule has 1 aromatic heterocycles. The van der Waals surface area contributed by atoms with Gasteiger partial charge in [0.1, 0.15) is 5.69 Å². The van der Waals surface area contributed by atoms with Crippen LogP contribution in [0.25, 0.3) is 0 Å². The molecule has 0 N–H and O–H groups in total. The molecule has 0 saturated carbocycles. The van der Waals surface area contributed by atoms with E-state index in [9.17, 15) is 9.59 Å². The lowest BCUT2D eigenvalue weighted by Gasteiger charge is -2.34. The Morgan fingerprint density at radius 1 is 1.14 bits per heavy atom. The number of rotatable bonds is 4. The van der Waals surface area contributed by atoms with Gasteiger partial charge in [0, 0.05) is 58.1 Å². The van der Waals surface area contributed by atoms with Crippen molar-refractivity contribution in [3.63, 3.8) is 0 Å². The van der Waals surface area contributed by atoms with Crippen LogP contribution in [-0.2, 0) is 4.79 Å². The number of piperazine rings is 1. The van der Waals surface area contributed by atoms with Crippen LogP contribution in [0.4, 0.5) is 5.69 Å². The lowest BCUT2D eigenvalue weighted by molar-refractivity contribution is -0.130. The lowest BCUT2D eigenvalue weighted by atomic mass is 10.2. The number of hydrogen-bond acceptors (Lipinski definition) is 4. The van der Waals surface area contributed by atoms with E-state index < -0.39 is 0 Å². The largest absolute Gasteiger partial charge is 0.372 e. The molecule has 1 aliphatic rings. The standard InChI is InChI=1S/C16H24N4O2/c1-4-18(5-2)14-6-7-17-15(12-14)16(22)20-10-8-19(9-11-20)13(3)21/h6-7,12H,4-5,8-11H2,1-3H3. The van der Waals surface area contributed by atoms with E-state index >= 15 is 0 Å². The molecule has 0 unspecified atom stereocenters. The number of amides is 2. The molecule has 2 rings (SSSR count). The molecule has 22 heavy (non-hydrogen) atoms.